The van der Waals surface area contributed by atoms with E-state index in [1.165, 1.54) is 40.7 Å². The van der Waals surface area contributed by atoms with Crippen molar-refractivity contribution >= 4 is 26.5 Å². The lowest BCUT2D eigenvalue weighted by molar-refractivity contribution is -0.0259. The minimum absolute atomic E-state index is 0.0563. The fraction of sp³-hybridized carbons (Fsp3) is 0.346. The molecule has 2 saturated carbocycles. The number of hydrogen-bond donors (Lipinski definition) is 0. The normalized spacial score (nSPS) is 18.7. The Morgan fingerprint density at radius 2 is 1.72 bits per heavy atom. The first kappa shape index (κ1) is 18.5. The molecule has 3 heteroatoms. The first-order chi connectivity index (χ1) is 14.2. The highest BCUT2D eigenvalue weighted by atomic mass is 32.2. The predicted molar refractivity (Wildman–Crippen MR) is 119 cm³/mol. The van der Waals surface area contributed by atoms with Crippen LogP contribution in [-0.2, 0) is 4.74 Å². The molecule has 0 radical (unpaired) electrons. The van der Waals surface area contributed by atoms with E-state index < -0.39 is 5.60 Å². The summed E-state index contributed by atoms with van der Waals surface area (Å²) in [6.45, 7) is 0. The molecule has 29 heavy (non-hydrogen) atoms. The van der Waals surface area contributed by atoms with Gasteiger partial charge < -0.3 is 4.74 Å². The summed E-state index contributed by atoms with van der Waals surface area (Å²) in [7, 11) is -0.0563. The summed E-state index contributed by atoms with van der Waals surface area (Å²) in [5.41, 5.74) is 0.0653. The van der Waals surface area contributed by atoms with Gasteiger partial charge in [0, 0.05) is 27.8 Å². The Bertz CT molecular complexity index is 1090. The Morgan fingerprint density at radius 3 is 2.45 bits per heavy atom. The number of fused-ring (bicyclic) bond motifs is 1. The molecule has 2 fully saturated rings. The fourth-order valence-corrected chi connectivity index (χ4v) is 6.15. The van der Waals surface area contributed by atoms with Crippen LogP contribution in [0.2, 0.25) is 0 Å². The van der Waals surface area contributed by atoms with Crippen LogP contribution in [0.3, 0.4) is 0 Å². The van der Waals surface area contributed by atoms with Crippen molar-refractivity contribution in [3.63, 3.8) is 0 Å². The molecule has 2 nitrogen and oxygen atoms in total. The van der Waals surface area contributed by atoms with Crippen molar-refractivity contribution < 1.29 is 9.53 Å². The van der Waals surface area contributed by atoms with Crippen LogP contribution in [0.15, 0.2) is 60.0 Å². The standard InChI is InChI=1S/C26H25O2S/c27-25(28-26(16-5-17-26)18-14-20-6-1-2-7-20)22-10-12-23(13-11-22)29-19-15-21-8-3-4-9-24(21)29/h3-4,8-13,15,19-20H,1-2,5-7,16-17H2/q+1. The summed E-state index contributed by atoms with van der Waals surface area (Å²) in [5.74, 6) is 6.99. The molecule has 3 aromatic rings. The maximum Gasteiger partial charge on any atom is 0.339 e. The maximum absolute atomic E-state index is 12.8. The highest BCUT2D eigenvalue weighted by Crippen LogP contribution is 2.40. The predicted octanol–water partition coefficient (Wildman–Crippen LogP) is 6.85. The maximum atomic E-state index is 12.8. The number of esters is 1. The van der Waals surface area contributed by atoms with Crippen molar-refractivity contribution in [2.75, 3.05) is 0 Å². The van der Waals surface area contributed by atoms with E-state index in [1.54, 1.807) is 0 Å². The Kier molecular flexibility index (Phi) is 4.89. The van der Waals surface area contributed by atoms with E-state index in [1.807, 2.05) is 12.1 Å². The first-order valence-electron chi connectivity index (χ1n) is 10.6. The molecule has 1 aromatic heterocycles. The fourth-order valence-electron chi connectivity index (χ4n) is 4.27. The van der Waals surface area contributed by atoms with Gasteiger partial charge in [0.1, 0.15) is 5.38 Å². The second-order valence-corrected chi connectivity index (χ2v) is 10.0. The summed E-state index contributed by atoms with van der Waals surface area (Å²) in [4.78, 5) is 14.0. The van der Waals surface area contributed by atoms with Crippen LogP contribution in [0, 0.1) is 17.8 Å². The Labute approximate surface area is 174 Å². The number of carbonyl (C=O) groups excluding carboxylic acids is 1. The number of thiophene rings is 1. The summed E-state index contributed by atoms with van der Waals surface area (Å²) in [6, 6.07) is 18.6. The van der Waals surface area contributed by atoms with Gasteiger partial charge in [-0.25, -0.2) is 4.79 Å². The average Bonchev–Trinajstić information content (AvgIpc) is 3.39. The topological polar surface area (TPSA) is 26.3 Å². The van der Waals surface area contributed by atoms with E-state index in [0.29, 0.717) is 11.5 Å². The van der Waals surface area contributed by atoms with Gasteiger partial charge in [-0.05, 0) is 68.5 Å². The molecule has 0 N–H and O–H groups in total. The van der Waals surface area contributed by atoms with E-state index >= 15 is 0 Å². The third kappa shape index (κ3) is 3.70. The minimum atomic E-state index is -0.548. The molecule has 1 unspecified atom stereocenters. The summed E-state index contributed by atoms with van der Waals surface area (Å²) >= 11 is 0. The third-order valence-electron chi connectivity index (χ3n) is 6.19. The van der Waals surface area contributed by atoms with Crippen LogP contribution in [0.5, 0.6) is 0 Å². The lowest BCUT2D eigenvalue weighted by atomic mass is 9.80. The van der Waals surface area contributed by atoms with Crippen LogP contribution in [0.4, 0.5) is 0 Å². The molecule has 146 valence electrons. The zero-order valence-corrected chi connectivity index (χ0v) is 17.3. The van der Waals surface area contributed by atoms with E-state index in [0.717, 1.165) is 19.3 Å². The van der Waals surface area contributed by atoms with Crippen molar-refractivity contribution in [3.05, 3.63) is 65.5 Å². The molecule has 1 atom stereocenters. The Morgan fingerprint density at radius 1 is 0.966 bits per heavy atom. The van der Waals surface area contributed by atoms with E-state index in [2.05, 4.69) is 59.7 Å². The van der Waals surface area contributed by atoms with Crippen molar-refractivity contribution in [1.29, 1.82) is 0 Å². The van der Waals surface area contributed by atoms with Crippen molar-refractivity contribution in [2.24, 2.45) is 5.92 Å². The molecule has 0 aliphatic heterocycles. The Hall–Kier alpha value is -2.57. The van der Waals surface area contributed by atoms with Crippen LogP contribution < -0.4 is 0 Å². The zero-order chi connectivity index (χ0) is 19.7. The smallest absolute Gasteiger partial charge is 0.339 e. The molecule has 0 amide bonds. The van der Waals surface area contributed by atoms with Gasteiger partial charge in [-0.2, -0.15) is 0 Å². The third-order valence-corrected chi connectivity index (χ3v) is 8.23. The van der Waals surface area contributed by atoms with Gasteiger partial charge in [0.05, 0.1) is 5.56 Å². The number of rotatable bonds is 3. The van der Waals surface area contributed by atoms with E-state index in [-0.39, 0.29) is 16.4 Å². The number of hydrogen-bond acceptors (Lipinski definition) is 2. The Balaban J connectivity index is 1.32. The van der Waals surface area contributed by atoms with Gasteiger partial charge in [-0.3, -0.25) is 0 Å². The zero-order valence-electron chi connectivity index (χ0n) is 16.5. The molecule has 5 rings (SSSR count). The summed E-state index contributed by atoms with van der Waals surface area (Å²) in [6.07, 6.45) is 7.75. The average molecular weight is 402 g/mol. The van der Waals surface area contributed by atoms with Crippen LogP contribution in [0.25, 0.3) is 15.0 Å². The minimum Gasteiger partial charge on any atom is -0.442 e. The molecule has 2 aliphatic carbocycles. The van der Waals surface area contributed by atoms with E-state index in [4.69, 9.17) is 4.74 Å². The molecule has 0 spiro atoms. The molecular weight excluding hydrogens is 376 g/mol. The largest absolute Gasteiger partial charge is 0.442 e. The number of carbonyl (C=O) groups is 1. The van der Waals surface area contributed by atoms with Crippen molar-refractivity contribution in [3.8, 4) is 16.7 Å². The SMILES string of the molecule is O=C(OC1(C#CC2CCCC2)CCC1)c1ccc(-[s+]2ccc3ccccc32)cc1. The van der Waals surface area contributed by atoms with Gasteiger partial charge >= 0.3 is 5.97 Å². The van der Waals surface area contributed by atoms with Crippen LogP contribution in [0.1, 0.15) is 55.3 Å². The number of benzene rings is 2. The highest BCUT2D eigenvalue weighted by molar-refractivity contribution is 7.43. The molecular formula is C26H25O2S+. The quantitative estimate of drug-likeness (QED) is 0.272. The second kappa shape index (κ2) is 7.69. The van der Waals surface area contributed by atoms with Crippen LogP contribution in [-0.4, -0.2) is 11.6 Å². The lowest BCUT2D eigenvalue weighted by Gasteiger charge is -2.36. The van der Waals surface area contributed by atoms with Gasteiger partial charge in [-0.15, -0.1) is 0 Å². The van der Waals surface area contributed by atoms with Gasteiger partial charge in [-0.1, -0.05) is 36.8 Å². The summed E-state index contributed by atoms with van der Waals surface area (Å²) < 4.78 is 7.26. The van der Waals surface area contributed by atoms with Gasteiger partial charge in [0.2, 0.25) is 0 Å². The lowest BCUT2D eigenvalue weighted by Crippen LogP contribution is -2.40. The van der Waals surface area contributed by atoms with Gasteiger partial charge in [0.15, 0.2) is 15.2 Å². The summed E-state index contributed by atoms with van der Waals surface area (Å²) in [5, 5.41) is 3.53. The van der Waals surface area contributed by atoms with Gasteiger partial charge in [0.25, 0.3) is 0 Å². The van der Waals surface area contributed by atoms with Crippen molar-refractivity contribution in [1.82, 2.24) is 0 Å². The molecule has 2 aromatic carbocycles. The molecule has 0 bridgehead atoms. The number of ether oxygens (including phenoxy) is 1. The van der Waals surface area contributed by atoms with Crippen molar-refractivity contribution in [2.45, 2.75) is 50.5 Å². The van der Waals surface area contributed by atoms with E-state index in [9.17, 15) is 4.79 Å². The first-order valence-corrected chi connectivity index (χ1v) is 11.9. The molecule has 1 heterocycles. The monoisotopic (exact) mass is 401 g/mol. The van der Waals surface area contributed by atoms with Crippen LogP contribution >= 0.6 is 10.5 Å². The highest BCUT2D eigenvalue weighted by Gasteiger charge is 2.40. The molecule has 0 saturated heterocycles. The molecule has 2 aliphatic rings. The second-order valence-electron chi connectivity index (χ2n) is 8.19.